The van der Waals surface area contributed by atoms with Crippen molar-refractivity contribution in [3.8, 4) is 28.4 Å². The third kappa shape index (κ3) is 3.79. The van der Waals surface area contributed by atoms with Gasteiger partial charge < -0.3 is 15.3 Å². The zero-order valence-corrected chi connectivity index (χ0v) is 14.4. The number of phenolic OH excluding ortho intramolecular Hbond substituents is 3. The predicted octanol–water partition coefficient (Wildman–Crippen LogP) is 2.95. The summed E-state index contributed by atoms with van der Waals surface area (Å²) in [5.74, 6) is -1.05. The van der Waals surface area contributed by atoms with Gasteiger partial charge in [0.05, 0.1) is 4.90 Å². The Morgan fingerprint density at radius 1 is 0.808 bits per heavy atom. The van der Waals surface area contributed by atoms with E-state index >= 15 is 0 Å². The van der Waals surface area contributed by atoms with Crippen LogP contribution in [0, 0.1) is 0 Å². The minimum absolute atomic E-state index is 0.0457. The van der Waals surface area contributed by atoms with E-state index < -0.39 is 21.5 Å². The van der Waals surface area contributed by atoms with Crippen molar-refractivity contribution in [1.29, 1.82) is 0 Å². The minimum Gasteiger partial charge on any atom is -0.508 e. The van der Waals surface area contributed by atoms with Gasteiger partial charge in [-0.3, -0.25) is 0 Å². The first-order valence-corrected chi connectivity index (χ1v) is 9.24. The van der Waals surface area contributed by atoms with Crippen LogP contribution in [0.4, 0.5) is 0 Å². The molecular weight excluding hydrogens is 354 g/mol. The fourth-order valence-electron chi connectivity index (χ4n) is 2.53. The van der Waals surface area contributed by atoms with Gasteiger partial charge in [0.25, 0.3) is 0 Å². The molecule has 0 radical (unpaired) electrons. The topological polar surface area (TPSA) is 107 Å². The molecule has 0 fully saturated rings. The standard InChI is InChI=1S/C19H17NO5S/c21-15-8-4-7-14(9-15)16-10-17(22)18(23)11-19(16)26(24,25)20-12-13-5-2-1-3-6-13/h1-11,20-23H,12H2. The molecule has 3 aromatic carbocycles. The summed E-state index contributed by atoms with van der Waals surface area (Å²) in [6.45, 7) is 0.0737. The molecule has 0 bridgehead atoms. The average Bonchev–Trinajstić information content (AvgIpc) is 2.63. The molecule has 0 amide bonds. The highest BCUT2D eigenvalue weighted by Gasteiger charge is 2.22. The van der Waals surface area contributed by atoms with E-state index in [2.05, 4.69) is 4.72 Å². The molecular formula is C19H17NO5S. The van der Waals surface area contributed by atoms with E-state index in [1.165, 1.54) is 12.1 Å². The molecule has 0 aliphatic rings. The maximum Gasteiger partial charge on any atom is 0.241 e. The van der Waals surface area contributed by atoms with E-state index in [0.29, 0.717) is 5.56 Å². The lowest BCUT2D eigenvalue weighted by Gasteiger charge is -2.14. The Morgan fingerprint density at radius 3 is 2.19 bits per heavy atom. The van der Waals surface area contributed by atoms with E-state index in [-0.39, 0.29) is 22.8 Å². The van der Waals surface area contributed by atoms with E-state index in [1.54, 1.807) is 36.4 Å². The molecule has 0 aromatic heterocycles. The highest BCUT2D eigenvalue weighted by molar-refractivity contribution is 7.89. The summed E-state index contributed by atoms with van der Waals surface area (Å²) in [6, 6.07) is 17.1. The van der Waals surface area contributed by atoms with Crippen LogP contribution >= 0.6 is 0 Å². The molecule has 6 nitrogen and oxygen atoms in total. The quantitative estimate of drug-likeness (QED) is 0.516. The number of nitrogens with one attached hydrogen (secondary N) is 1. The van der Waals surface area contributed by atoms with Crippen molar-refractivity contribution < 1.29 is 23.7 Å². The normalized spacial score (nSPS) is 11.4. The second kappa shape index (κ2) is 7.07. The van der Waals surface area contributed by atoms with Crippen LogP contribution in [-0.4, -0.2) is 23.7 Å². The molecule has 0 unspecified atom stereocenters. The monoisotopic (exact) mass is 371 g/mol. The molecule has 0 saturated carbocycles. The Bertz CT molecular complexity index is 1030. The second-order valence-electron chi connectivity index (χ2n) is 5.70. The number of hydrogen-bond acceptors (Lipinski definition) is 5. The lowest BCUT2D eigenvalue weighted by Crippen LogP contribution is -2.23. The van der Waals surface area contributed by atoms with Crippen molar-refractivity contribution >= 4 is 10.0 Å². The maximum atomic E-state index is 12.8. The van der Waals surface area contributed by atoms with Crippen LogP contribution in [0.1, 0.15) is 5.56 Å². The van der Waals surface area contributed by atoms with Crippen LogP contribution in [-0.2, 0) is 16.6 Å². The molecule has 3 aromatic rings. The third-order valence-electron chi connectivity index (χ3n) is 3.83. The Morgan fingerprint density at radius 2 is 1.50 bits per heavy atom. The van der Waals surface area contributed by atoms with Crippen molar-refractivity contribution in [1.82, 2.24) is 4.72 Å². The van der Waals surface area contributed by atoms with Crippen LogP contribution in [0.25, 0.3) is 11.1 Å². The summed E-state index contributed by atoms with van der Waals surface area (Å²) in [5.41, 5.74) is 1.33. The fourth-order valence-corrected chi connectivity index (χ4v) is 3.78. The van der Waals surface area contributed by atoms with Crippen molar-refractivity contribution in [2.45, 2.75) is 11.4 Å². The largest absolute Gasteiger partial charge is 0.508 e. The smallest absolute Gasteiger partial charge is 0.241 e. The van der Waals surface area contributed by atoms with Crippen LogP contribution in [0.3, 0.4) is 0 Å². The maximum absolute atomic E-state index is 12.8. The summed E-state index contributed by atoms with van der Waals surface area (Å²) < 4.78 is 28.0. The van der Waals surface area contributed by atoms with Gasteiger partial charge in [-0.1, -0.05) is 42.5 Å². The van der Waals surface area contributed by atoms with Crippen LogP contribution in [0.15, 0.2) is 71.6 Å². The van der Waals surface area contributed by atoms with E-state index in [0.717, 1.165) is 17.7 Å². The molecule has 0 aliphatic carbocycles. The summed E-state index contributed by atoms with van der Waals surface area (Å²) in [6.07, 6.45) is 0. The number of hydrogen-bond donors (Lipinski definition) is 4. The molecule has 7 heteroatoms. The predicted molar refractivity (Wildman–Crippen MR) is 97.3 cm³/mol. The Hall–Kier alpha value is -3.03. The first-order chi connectivity index (χ1) is 12.4. The molecule has 4 N–H and O–H groups in total. The molecule has 0 aliphatic heterocycles. The first-order valence-electron chi connectivity index (χ1n) is 7.76. The van der Waals surface area contributed by atoms with Gasteiger partial charge in [-0.25, -0.2) is 13.1 Å². The van der Waals surface area contributed by atoms with Gasteiger partial charge in [0, 0.05) is 18.2 Å². The Labute approximate surface area is 151 Å². The summed E-state index contributed by atoms with van der Waals surface area (Å²) in [5, 5.41) is 29.3. The highest BCUT2D eigenvalue weighted by atomic mass is 32.2. The van der Waals surface area contributed by atoms with Crippen molar-refractivity contribution in [3.63, 3.8) is 0 Å². The van der Waals surface area contributed by atoms with Gasteiger partial charge in [-0.05, 0) is 29.3 Å². The molecule has 0 spiro atoms. The number of rotatable bonds is 5. The molecule has 134 valence electrons. The number of sulfonamides is 1. The van der Waals surface area contributed by atoms with Crippen molar-refractivity contribution in [2.75, 3.05) is 0 Å². The molecule has 26 heavy (non-hydrogen) atoms. The average molecular weight is 371 g/mol. The second-order valence-corrected chi connectivity index (χ2v) is 7.43. The SMILES string of the molecule is O=S(=O)(NCc1ccccc1)c1cc(O)c(O)cc1-c1cccc(O)c1. The molecule has 3 rings (SSSR count). The van der Waals surface area contributed by atoms with Gasteiger partial charge >= 0.3 is 0 Å². The van der Waals surface area contributed by atoms with Crippen LogP contribution < -0.4 is 4.72 Å². The summed E-state index contributed by atoms with van der Waals surface area (Å²) in [4.78, 5) is -0.200. The Kier molecular flexibility index (Phi) is 4.83. The fraction of sp³-hybridized carbons (Fsp3) is 0.0526. The van der Waals surface area contributed by atoms with Gasteiger partial charge in [0.1, 0.15) is 5.75 Å². The van der Waals surface area contributed by atoms with Gasteiger partial charge in [0.15, 0.2) is 11.5 Å². The molecule has 0 atom stereocenters. The van der Waals surface area contributed by atoms with Crippen LogP contribution in [0.5, 0.6) is 17.2 Å². The Balaban J connectivity index is 2.04. The van der Waals surface area contributed by atoms with Crippen molar-refractivity contribution in [3.05, 3.63) is 72.3 Å². The lowest BCUT2D eigenvalue weighted by molar-refractivity contribution is 0.402. The zero-order chi connectivity index (χ0) is 18.7. The highest BCUT2D eigenvalue weighted by Crippen LogP contribution is 2.37. The van der Waals surface area contributed by atoms with E-state index in [4.69, 9.17) is 0 Å². The molecule has 0 heterocycles. The number of aromatic hydroxyl groups is 3. The van der Waals surface area contributed by atoms with Gasteiger partial charge in [0.2, 0.25) is 10.0 Å². The first kappa shape index (κ1) is 17.8. The summed E-state index contributed by atoms with van der Waals surface area (Å²) in [7, 11) is -3.99. The van der Waals surface area contributed by atoms with Gasteiger partial charge in [-0.2, -0.15) is 0 Å². The lowest BCUT2D eigenvalue weighted by atomic mass is 10.0. The van der Waals surface area contributed by atoms with Crippen LogP contribution in [0.2, 0.25) is 0 Å². The number of phenols is 3. The third-order valence-corrected chi connectivity index (χ3v) is 5.27. The number of benzene rings is 3. The van der Waals surface area contributed by atoms with Crippen molar-refractivity contribution in [2.24, 2.45) is 0 Å². The van der Waals surface area contributed by atoms with E-state index in [1.807, 2.05) is 6.07 Å². The molecule has 0 saturated heterocycles. The van der Waals surface area contributed by atoms with Gasteiger partial charge in [-0.15, -0.1) is 0 Å². The minimum atomic E-state index is -3.99. The van der Waals surface area contributed by atoms with E-state index in [9.17, 15) is 23.7 Å². The zero-order valence-electron chi connectivity index (χ0n) is 13.6. The summed E-state index contributed by atoms with van der Waals surface area (Å²) >= 11 is 0.